The number of benzene rings is 2. The predicted octanol–water partition coefficient (Wildman–Crippen LogP) is 3.15. The largest absolute Gasteiger partial charge is 0.497 e. The number of amides is 1. The molecule has 1 aliphatic rings. The maximum Gasteiger partial charge on any atom is 0.496 e. The van der Waals surface area contributed by atoms with Gasteiger partial charge in [-0.3, -0.25) is 4.79 Å². The van der Waals surface area contributed by atoms with Gasteiger partial charge in [-0.05, 0) is 82.8 Å². The minimum atomic E-state index is -1.77. The molecule has 0 bridgehead atoms. The van der Waals surface area contributed by atoms with Crippen LogP contribution < -0.4 is 20.3 Å². The molecule has 180 valence electrons. The van der Waals surface area contributed by atoms with Crippen molar-refractivity contribution in [1.82, 2.24) is 5.32 Å². The van der Waals surface area contributed by atoms with Crippen LogP contribution in [0.1, 0.15) is 35.8 Å². The summed E-state index contributed by atoms with van der Waals surface area (Å²) in [5, 5.41) is 22.3. The lowest BCUT2D eigenvalue weighted by molar-refractivity contribution is -0.120. The van der Waals surface area contributed by atoms with Gasteiger partial charge in [0, 0.05) is 0 Å². The molecule has 35 heavy (non-hydrogen) atoms. The average Bonchev–Trinajstić information content (AvgIpc) is 3.44. The van der Waals surface area contributed by atoms with Crippen molar-refractivity contribution in [3.8, 4) is 11.5 Å². The molecule has 1 heterocycles. The number of hydrogen-bond donors (Lipinski definition) is 3. The van der Waals surface area contributed by atoms with Gasteiger partial charge in [0.1, 0.15) is 23.1 Å². The van der Waals surface area contributed by atoms with Gasteiger partial charge in [0.05, 0.1) is 38.9 Å². The Morgan fingerprint density at radius 1 is 1.11 bits per heavy atom. The number of furan rings is 1. The Morgan fingerprint density at radius 3 is 2.43 bits per heavy atom. The number of fused-ring (bicyclic) bond motifs is 1. The molecule has 0 saturated carbocycles. The van der Waals surface area contributed by atoms with Gasteiger partial charge in [0.2, 0.25) is 5.91 Å². The Kier molecular flexibility index (Phi) is 7.09. The molecule has 0 saturated heterocycles. The van der Waals surface area contributed by atoms with E-state index in [4.69, 9.17) is 13.9 Å². The number of hydrogen-bond acceptors (Lipinski definition) is 6. The molecular weight excluding hydrogens is 452 g/mol. The van der Waals surface area contributed by atoms with E-state index in [1.807, 2.05) is 13.0 Å². The number of carbonyl (C=O) groups excluding carboxylic acids is 1. The molecule has 1 aliphatic carbocycles. The summed E-state index contributed by atoms with van der Waals surface area (Å²) in [5.41, 5.74) is 4.62. The molecule has 9 heteroatoms. The second kappa shape index (κ2) is 10.2. The second-order valence-electron chi connectivity index (χ2n) is 8.10. The Balaban J connectivity index is 1.72. The Labute approximate surface area is 202 Å². The first-order valence-electron chi connectivity index (χ1n) is 11.0. The van der Waals surface area contributed by atoms with Crippen LogP contribution in [0.4, 0.5) is 4.39 Å². The highest BCUT2D eigenvalue weighted by Crippen LogP contribution is 2.44. The van der Waals surface area contributed by atoms with Crippen molar-refractivity contribution in [3.63, 3.8) is 0 Å². The number of methoxy groups -OCH3 is 2. The lowest BCUT2D eigenvalue weighted by Gasteiger charge is -2.14. The number of ether oxygens (including phenoxy) is 2. The second-order valence-corrected chi connectivity index (χ2v) is 8.10. The normalized spacial score (nSPS) is 13.7. The molecule has 3 N–H and O–H groups in total. The molecule has 4 rings (SSSR count). The van der Waals surface area contributed by atoms with Gasteiger partial charge in [-0.2, -0.15) is 0 Å². The summed E-state index contributed by atoms with van der Waals surface area (Å²) in [5.74, 6) is 0.542. The minimum Gasteiger partial charge on any atom is -0.497 e. The Hall–Kier alpha value is -3.82. The van der Waals surface area contributed by atoms with E-state index in [-0.39, 0.29) is 35.8 Å². The highest BCUT2D eigenvalue weighted by Gasteiger charge is 2.27. The van der Waals surface area contributed by atoms with E-state index in [2.05, 4.69) is 5.32 Å². The van der Waals surface area contributed by atoms with Gasteiger partial charge in [0.25, 0.3) is 0 Å². The van der Waals surface area contributed by atoms with Crippen molar-refractivity contribution in [2.75, 3.05) is 14.2 Å². The quantitative estimate of drug-likeness (QED) is 0.431. The number of carbonyl (C=O) groups is 1. The third-order valence-corrected chi connectivity index (χ3v) is 5.97. The summed E-state index contributed by atoms with van der Waals surface area (Å²) >= 11 is 0. The molecule has 0 aliphatic heterocycles. The van der Waals surface area contributed by atoms with Gasteiger partial charge < -0.3 is 29.3 Å². The Morgan fingerprint density at radius 2 is 1.83 bits per heavy atom. The molecular formula is C26H25BFNO6. The maximum absolute atomic E-state index is 14.2. The summed E-state index contributed by atoms with van der Waals surface area (Å²) in [6.07, 6.45) is 3.49. The van der Waals surface area contributed by atoms with E-state index in [1.54, 1.807) is 36.6 Å². The predicted molar refractivity (Wildman–Crippen MR) is 131 cm³/mol. The first kappa shape index (κ1) is 24.3. The van der Waals surface area contributed by atoms with Gasteiger partial charge in [0.15, 0.2) is 0 Å². The van der Waals surface area contributed by atoms with Gasteiger partial charge in [-0.15, -0.1) is 0 Å². The summed E-state index contributed by atoms with van der Waals surface area (Å²) < 4.78 is 30.1. The smallest absolute Gasteiger partial charge is 0.496 e. The average molecular weight is 477 g/mol. The van der Waals surface area contributed by atoms with E-state index in [1.165, 1.54) is 26.4 Å². The summed E-state index contributed by atoms with van der Waals surface area (Å²) in [6.45, 7) is 2.15. The molecule has 1 amide bonds. The monoisotopic (exact) mass is 477 g/mol. The van der Waals surface area contributed by atoms with Crippen molar-refractivity contribution in [2.24, 2.45) is 0 Å². The minimum absolute atomic E-state index is 0.0720. The SMILES string of the molecule is COc1cc(/C=C2/C(C)=C(CC(=O)NCc3ccco3)c3cc(F)ccc32)cc(OC)c1B(O)O. The Bertz CT molecular complexity index is 1290. The van der Waals surface area contributed by atoms with Crippen molar-refractivity contribution in [1.29, 1.82) is 0 Å². The van der Waals surface area contributed by atoms with Crippen molar-refractivity contribution >= 4 is 35.7 Å². The fourth-order valence-corrected chi connectivity index (χ4v) is 4.27. The zero-order valence-electron chi connectivity index (χ0n) is 19.6. The number of halogens is 1. The van der Waals surface area contributed by atoms with Crippen LogP contribution in [0, 0.1) is 5.82 Å². The standard InChI is InChI=1S/C26H25BFNO6/c1-15-20(9-16-10-23(33-2)26(27(31)32)24(11-16)34-3)19-7-6-17(28)12-22(19)21(15)13-25(30)29-14-18-5-4-8-35-18/h4-12,31-32H,13-14H2,1-3H3,(H,29,30)/b20-9-. The van der Waals surface area contributed by atoms with E-state index in [0.717, 1.165) is 22.3 Å². The van der Waals surface area contributed by atoms with E-state index in [9.17, 15) is 19.2 Å². The zero-order chi connectivity index (χ0) is 25.1. The van der Waals surface area contributed by atoms with Gasteiger partial charge in [-0.1, -0.05) is 6.07 Å². The molecule has 0 spiro atoms. The van der Waals surface area contributed by atoms with Crippen LogP contribution in [-0.2, 0) is 11.3 Å². The van der Waals surface area contributed by atoms with Crippen LogP contribution >= 0.6 is 0 Å². The number of rotatable bonds is 8. The molecule has 0 unspecified atom stereocenters. The molecule has 1 aromatic heterocycles. The maximum atomic E-state index is 14.2. The molecule has 7 nitrogen and oxygen atoms in total. The van der Waals surface area contributed by atoms with E-state index in [0.29, 0.717) is 16.9 Å². The molecule has 0 radical (unpaired) electrons. The summed E-state index contributed by atoms with van der Waals surface area (Å²) in [6, 6.07) is 11.3. The third-order valence-electron chi connectivity index (χ3n) is 5.97. The molecule has 0 fully saturated rings. The fraction of sp³-hybridized carbons (Fsp3) is 0.192. The first-order chi connectivity index (χ1) is 16.8. The number of nitrogens with one attached hydrogen (secondary N) is 1. The van der Waals surface area contributed by atoms with E-state index < -0.39 is 12.9 Å². The van der Waals surface area contributed by atoms with Gasteiger partial charge >= 0.3 is 7.12 Å². The zero-order valence-corrected chi connectivity index (χ0v) is 19.6. The lowest BCUT2D eigenvalue weighted by Crippen LogP contribution is -2.32. The number of allylic oxidation sites excluding steroid dienone is 2. The highest BCUT2D eigenvalue weighted by molar-refractivity contribution is 6.61. The van der Waals surface area contributed by atoms with Gasteiger partial charge in [-0.25, -0.2) is 4.39 Å². The van der Waals surface area contributed by atoms with Crippen LogP contribution in [0.25, 0.3) is 17.2 Å². The van der Waals surface area contributed by atoms with Crippen LogP contribution in [0.3, 0.4) is 0 Å². The lowest BCUT2D eigenvalue weighted by atomic mass is 9.78. The van der Waals surface area contributed by atoms with Crippen molar-refractivity contribution in [2.45, 2.75) is 19.9 Å². The fourth-order valence-electron chi connectivity index (χ4n) is 4.27. The molecule has 0 atom stereocenters. The molecule has 2 aromatic carbocycles. The first-order valence-corrected chi connectivity index (χ1v) is 11.0. The highest BCUT2D eigenvalue weighted by atomic mass is 19.1. The third kappa shape index (κ3) is 5.01. The van der Waals surface area contributed by atoms with Crippen molar-refractivity contribution in [3.05, 3.63) is 82.6 Å². The summed E-state index contributed by atoms with van der Waals surface area (Å²) in [7, 11) is 1.08. The van der Waals surface area contributed by atoms with Crippen molar-refractivity contribution < 1.29 is 33.1 Å². The topological polar surface area (TPSA) is 101 Å². The van der Waals surface area contributed by atoms with Crippen LogP contribution in [0.5, 0.6) is 11.5 Å². The van der Waals surface area contributed by atoms with Crippen LogP contribution in [0.2, 0.25) is 0 Å². The van der Waals surface area contributed by atoms with E-state index >= 15 is 0 Å². The molecule has 3 aromatic rings. The van der Waals surface area contributed by atoms with Crippen LogP contribution in [0.15, 0.2) is 58.7 Å². The summed E-state index contributed by atoms with van der Waals surface area (Å²) in [4.78, 5) is 12.7. The van der Waals surface area contributed by atoms with Crippen LogP contribution in [-0.4, -0.2) is 37.3 Å².